The van der Waals surface area contributed by atoms with Crippen molar-refractivity contribution in [1.82, 2.24) is 10.2 Å². The molecule has 1 heterocycles. The van der Waals surface area contributed by atoms with Crippen LogP contribution in [0, 0.1) is 11.5 Å². The van der Waals surface area contributed by atoms with Crippen LogP contribution < -0.4 is 5.32 Å². The van der Waals surface area contributed by atoms with Gasteiger partial charge in [-0.1, -0.05) is 30.8 Å². The van der Waals surface area contributed by atoms with Crippen molar-refractivity contribution in [2.75, 3.05) is 26.4 Å². The monoisotopic (exact) mass is 302 g/mol. The van der Waals surface area contributed by atoms with Gasteiger partial charge in [-0.15, -0.1) is 0 Å². The lowest BCUT2D eigenvalue weighted by atomic mass is 9.74. The van der Waals surface area contributed by atoms with E-state index in [4.69, 9.17) is 5.26 Å². The average Bonchev–Trinajstić information content (AvgIpc) is 2.50. The number of hydrogen-bond donors (Lipinski definition) is 1. The van der Waals surface area contributed by atoms with Crippen molar-refractivity contribution in [3.05, 3.63) is 29.8 Å². The summed E-state index contributed by atoms with van der Waals surface area (Å²) in [6.45, 7) is 4.65. The minimum Gasteiger partial charge on any atom is -0.306 e. The maximum absolute atomic E-state index is 8.66. The highest BCUT2D eigenvalue weighted by atomic mass is 32.2. The molecule has 0 bridgehead atoms. The van der Waals surface area contributed by atoms with Crippen LogP contribution in [-0.4, -0.2) is 36.5 Å². The summed E-state index contributed by atoms with van der Waals surface area (Å²) < 4.78 is 0. The quantitative estimate of drug-likeness (QED) is 0.395. The van der Waals surface area contributed by atoms with Crippen molar-refractivity contribution >= 4 is 22.6 Å². The van der Waals surface area contributed by atoms with E-state index in [1.54, 1.807) is 0 Å². The van der Waals surface area contributed by atoms with E-state index in [9.17, 15) is 0 Å². The van der Waals surface area contributed by atoms with Gasteiger partial charge in [0.2, 0.25) is 0 Å². The van der Waals surface area contributed by atoms with E-state index in [2.05, 4.69) is 41.3 Å². The Labute approximate surface area is 131 Å². The molecular weight excluding hydrogens is 280 g/mol. The summed E-state index contributed by atoms with van der Waals surface area (Å²) >= 11 is 1.43. The van der Waals surface area contributed by atoms with Gasteiger partial charge in [-0.05, 0) is 62.3 Å². The van der Waals surface area contributed by atoms with Crippen LogP contribution in [0.15, 0.2) is 29.3 Å². The minimum atomic E-state index is 0.266. The molecule has 1 aromatic rings. The summed E-state index contributed by atoms with van der Waals surface area (Å²) in [5, 5.41) is 11.9. The molecule has 1 fully saturated rings. The number of thioether (sulfide) groups is 1. The highest BCUT2D eigenvalue weighted by Gasteiger charge is 2.30. The van der Waals surface area contributed by atoms with E-state index < -0.39 is 0 Å². The number of amidine groups is 1. The predicted molar refractivity (Wildman–Crippen MR) is 89.9 cm³/mol. The molecular formula is C16H22N4S. The Balaban J connectivity index is 2.14. The van der Waals surface area contributed by atoms with Crippen molar-refractivity contribution in [1.29, 1.82) is 5.26 Å². The Hall–Kier alpha value is -1.51. The molecule has 0 spiro atoms. The fourth-order valence-electron chi connectivity index (χ4n) is 2.63. The molecule has 0 aromatic heterocycles. The first-order chi connectivity index (χ1) is 10.1. The van der Waals surface area contributed by atoms with E-state index in [1.165, 1.54) is 30.2 Å². The van der Waals surface area contributed by atoms with Gasteiger partial charge in [0.05, 0.1) is 5.69 Å². The summed E-state index contributed by atoms with van der Waals surface area (Å²) in [4.78, 5) is 6.81. The normalized spacial score (nSPS) is 19.0. The molecule has 21 heavy (non-hydrogen) atoms. The first-order valence-corrected chi connectivity index (χ1v) is 8.37. The molecule has 1 saturated heterocycles. The van der Waals surface area contributed by atoms with Crippen molar-refractivity contribution in [2.24, 2.45) is 4.99 Å². The summed E-state index contributed by atoms with van der Waals surface area (Å²) in [6, 6.07) is 8.42. The minimum absolute atomic E-state index is 0.266. The van der Waals surface area contributed by atoms with Crippen molar-refractivity contribution in [3.63, 3.8) is 0 Å². The second-order valence-electron chi connectivity index (χ2n) is 5.77. The third kappa shape index (κ3) is 3.99. The van der Waals surface area contributed by atoms with Gasteiger partial charge in [-0.2, -0.15) is 5.26 Å². The summed E-state index contributed by atoms with van der Waals surface area (Å²) in [5.74, 6) is 0. The van der Waals surface area contributed by atoms with Gasteiger partial charge in [-0.25, -0.2) is 4.99 Å². The number of benzene rings is 1. The molecule has 0 saturated carbocycles. The lowest BCUT2D eigenvalue weighted by Crippen LogP contribution is -2.38. The van der Waals surface area contributed by atoms with Gasteiger partial charge in [0.15, 0.2) is 11.4 Å². The third-order valence-electron chi connectivity index (χ3n) is 4.24. The van der Waals surface area contributed by atoms with E-state index in [0.29, 0.717) is 5.17 Å². The van der Waals surface area contributed by atoms with E-state index >= 15 is 0 Å². The van der Waals surface area contributed by atoms with E-state index in [0.717, 1.165) is 18.8 Å². The van der Waals surface area contributed by atoms with Gasteiger partial charge in [-0.3, -0.25) is 5.32 Å². The number of nitriles is 1. The zero-order chi connectivity index (χ0) is 15.3. The van der Waals surface area contributed by atoms with Gasteiger partial charge in [0, 0.05) is 0 Å². The molecule has 0 aliphatic carbocycles. The Morgan fingerprint density at radius 1 is 1.33 bits per heavy atom. The fraction of sp³-hybridized carbons (Fsp3) is 0.500. The van der Waals surface area contributed by atoms with Gasteiger partial charge in [0.25, 0.3) is 0 Å². The van der Waals surface area contributed by atoms with Crippen molar-refractivity contribution in [3.8, 4) is 6.19 Å². The van der Waals surface area contributed by atoms with Crippen LogP contribution in [0.5, 0.6) is 0 Å². The number of hydrogen-bond acceptors (Lipinski definition) is 4. The van der Waals surface area contributed by atoms with Crippen LogP contribution >= 0.6 is 11.8 Å². The Bertz CT molecular complexity index is 536. The lowest BCUT2D eigenvalue weighted by molar-refractivity contribution is 0.200. The standard InChI is InChI=1S/C16H22N4S/c1-16(8-10-20(2)11-9-16)13-4-6-14(7-5-13)19-15(21-3)18-12-17/h4-7H,8-11H2,1-3H3,(H,18,19). The predicted octanol–water partition coefficient (Wildman–Crippen LogP) is 3.09. The van der Waals surface area contributed by atoms with Gasteiger partial charge < -0.3 is 4.90 Å². The summed E-state index contributed by atoms with van der Waals surface area (Å²) in [5.41, 5.74) is 2.53. The molecule has 1 aromatic carbocycles. The van der Waals surface area contributed by atoms with Crippen molar-refractivity contribution in [2.45, 2.75) is 25.2 Å². The number of likely N-dealkylation sites (tertiary alicyclic amines) is 1. The molecule has 4 nitrogen and oxygen atoms in total. The Morgan fingerprint density at radius 2 is 1.95 bits per heavy atom. The topological polar surface area (TPSA) is 51.4 Å². The Morgan fingerprint density at radius 3 is 2.48 bits per heavy atom. The molecule has 1 N–H and O–H groups in total. The van der Waals surface area contributed by atoms with Crippen LogP contribution in [0.1, 0.15) is 25.3 Å². The molecule has 1 aliphatic heterocycles. The van der Waals surface area contributed by atoms with E-state index in [1.807, 2.05) is 24.6 Å². The average molecular weight is 302 g/mol. The van der Waals surface area contributed by atoms with Crippen LogP contribution in [-0.2, 0) is 5.41 Å². The molecule has 112 valence electrons. The first-order valence-electron chi connectivity index (χ1n) is 7.14. The molecule has 2 rings (SSSR count). The largest absolute Gasteiger partial charge is 0.306 e. The number of piperidine rings is 1. The SMILES string of the molecule is CSC(=Nc1ccc(C2(C)CCN(C)CC2)cc1)NC#N. The molecule has 0 amide bonds. The maximum atomic E-state index is 8.66. The zero-order valence-electron chi connectivity index (χ0n) is 12.9. The van der Waals surface area contributed by atoms with Crippen molar-refractivity contribution < 1.29 is 0 Å². The molecule has 0 atom stereocenters. The zero-order valence-corrected chi connectivity index (χ0v) is 13.7. The maximum Gasteiger partial charge on any atom is 0.183 e. The van der Waals surface area contributed by atoms with Crippen LogP contribution in [0.25, 0.3) is 0 Å². The molecule has 5 heteroatoms. The number of aliphatic imine (C=N–C) groups is 1. The lowest BCUT2D eigenvalue weighted by Gasteiger charge is -2.38. The molecule has 0 unspecified atom stereocenters. The summed E-state index contributed by atoms with van der Waals surface area (Å²) in [7, 11) is 2.18. The smallest absolute Gasteiger partial charge is 0.183 e. The number of nitrogens with zero attached hydrogens (tertiary/aromatic N) is 3. The second kappa shape index (κ2) is 6.97. The second-order valence-corrected chi connectivity index (χ2v) is 6.56. The number of rotatable bonds is 2. The van der Waals surface area contributed by atoms with E-state index in [-0.39, 0.29) is 5.41 Å². The number of nitrogens with one attached hydrogen (secondary N) is 1. The van der Waals surface area contributed by atoms with Gasteiger partial charge in [0.1, 0.15) is 0 Å². The van der Waals surface area contributed by atoms with Crippen LogP contribution in [0.2, 0.25) is 0 Å². The van der Waals surface area contributed by atoms with Gasteiger partial charge >= 0.3 is 0 Å². The first kappa shape index (κ1) is 15.9. The molecule has 0 radical (unpaired) electrons. The highest BCUT2D eigenvalue weighted by Crippen LogP contribution is 2.35. The highest BCUT2D eigenvalue weighted by molar-refractivity contribution is 8.13. The third-order valence-corrected chi connectivity index (χ3v) is 4.82. The van der Waals surface area contributed by atoms with Crippen LogP contribution in [0.3, 0.4) is 0 Å². The summed E-state index contributed by atoms with van der Waals surface area (Å²) in [6.07, 6.45) is 6.19. The molecule has 1 aliphatic rings. The fourth-order valence-corrected chi connectivity index (χ4v) is 2.97. The Kier molecular flexibility index (Phi) is 5.27. The van der Waals surface area contributed by atoms with Crippen LogP contribution in [0.4, 0.5) is 5.69 Å².